The topological polar surface area (TPSA) is 82.1 Å². The number of ether oxygens (including phenoxy) is 3. The predicted molar refractivity (Wildman–Crippen MR) is 106 cm³/mol. The summed E-state index contributed by atoms with van der Waals surface area (Å²) >= 11 is 3.28. The summed E-state index contributed by atoms with van der Waals surface area (Å²) in [5.41, 5.74) is 1.07. The highest BCUT2D eigenvalue weighted by Gasteiger charge is 2.27. The van der Waals surface area contributed by atoms with E-state index in [0.29, 0.717) is 16.0 Å². The molecular weight excluding hydrogens is 450 g/mol. The van der Waals surface area contributed by atoms with Crippen molar-refractivity contribution in [2.75, 3.05) is 19.9 Å². The van der Waals surface area contributed by atoms with Gasteiger partial charge in [0.05, 0.1) is 17.1 Å². The van der Waals surface area contributed by atoms with Gasteiger partial charge in [0, 0.05) is 17.6 Å². The third kappa shape index (κ3) is 4.16. The number of carbonyl (C=O) groups excluding carboxylic acids is 1. The van der Waals surface area contributed by atoms with Crippen LogP contribution in [-0.2, 0) is 21.3 Å². The molecule has 0 radical (unpaired) electrons. The summed E-state index contributed by atoms with van der Waals surface area (Å²) in [5, 5.41) is 0. The van der Waals surface area contributed by atoms with E-state index in [1.54, 1.807) is 26.0 Å². The Balaban J connectivity index is 1.86. The fraction of sp³-hybridized carbons (Fsp3) is 0.316. The molecule has 150 valence electrons. The Labute approximate surface area is 172 Å². The van der Waals surface area contributed by atoms with Crippen molar-refractivity contribution in [3.63, 3.8) is 0 Å². The normalized spacial score (nSPS) is 13.0. The van der Waals surface area contributed by atoms with Gasteiger partial charge in [-0.2, -0.15) is 4.31 Å². The summed E-state index contributed by atoms with van der Waals surface area (Å²) in [7, 11) is -3.79. The molecule has 7 nitrogen and oxygen atoms in total. The van der Waals surface area contributed by atoms with E-state index in [1.165, 1.54) is 22.5 Å². The number of fused-ring (bicyclic) bond motifs is 1. The van der Waals surface area contributed by atoms with Gasteiger partial charge in [-0.25, -0.2) is 13.2 Å². The van der Waals surface area contributed by atoms with Gasteiger partial charge >= 0.3 is 5.97 Å². The van der Waals surface area contributed by atoms with Gasteiger partial charge in [0.1, 0.15) is 0 Å². The van der Waals surface area contributed by atoms with E-state index in [0.717, 1.165) is 5.56 Å². The third-order valence-corrected chi connectivity index (χ3v) is 7.11. The van der Waals surface area contributed by atoms with Crippen molar-refractivity contribution in [2.45, 2.75) is 25.3 Å². The number of sulfonamides is 1. The molecule has 3 rings (SSSR count). The fourth-order valence-corrected chi connectivity index (χ4v) is 5.28. The first-order chi connectivity index (χ1) is 13.4. The Morgan fingerprint density at radius 3 is 2.57 bits per heavy atom. The summed E-state index contributed by atoms with van der Waals surface area (Å²) in [5.74, 6) is 0.748. The summed E-state index contributed by atoms with van der Waals surface area (Å²) < 4.78 is 43.6. The molecule has 2 aromatic carbocycles. The first-order valence-electron chi connectivity index (χ1n) is 8.72. The number of benzene rings is 2. The highest BCUT2D eigenvalue weighted by Crippen LogP contribution is 2.34. The minimum atomic E-state index is -3.79. The van der Waals surface area contributed by atoms with Crippen LogP contribution in [0.1, 0.15) is 29.8 Å². The molecule has 0 aliphatic carbocycles. The molecule has 1 heterocycles. The lowest BCUT2D eigenvalue weighted by Gasteiger charge is -2.21. The van der Waals surface area contributed by atoms with Crippen molar-refractivity contribution in [3.8, 4) is 11.5 Å². The van der Waals surface area contributed by atoms with Gasteiger partial charge in [0.15, 0.2) is 11.5 Å². The van der Waals surface area contributed by atoms with Gasteiger partial charge in [-0.05, 0) is 58.7 Å². The van der Waals surface area contributed by atoms with E-state index >= 15 is 0 Å². The molecule has 0 saturated heterocycles. The highest BCUT2D eigenvalue weighted by molar-refractivity contribution is 9.10. The second-order valence-electron chi connectivity index (χ2n) is 5.98. The minimum Gasteiger partial charge on any atom is -0.462 e. The Bertz CT molecular complexity index is 992. The number of hydrogen-bond donors (Lipinski definition) is 0. The second kappa shape index (κ2) is 8.50. The molecular formula is C19H20BrNO6S. The summed E-state index contributed by atoms with van der Waals surface area (Å²) in [6.07, 6.45) is 0. The largest absolute Gasteiger partial charge is 0.462 e. The zero-order chi connectivity index (χ0) is 20.3. The molecule has 0 N–H and O–H groups in total. The van der Waals surface area contributed by atoms with Crippen LogP contribution in [-0.4, -0.2) is 38.6 Å². The van der Waals surface area contributed by atoms with Gasteiger partial charge in [0.25, 0.3) is 0 Å². The summed E-state index contributed by atoms with van der Waals surface area (Å²) in [4.78, 5) is 11.9. The number of nitrogens with zero attached hydrogens (tertiary/aromatic N) is 1. The first-order valence-corrected chi connectivity index (χ1v) is 11.0. The Hall–Kier alpha value is -2.10. The van der Waals surface area contributed by atoms with Crippen LogP contribution in [0, 0.1) is 0 Å². The third-order valence-electron chi connectivity index (χ3n) is 4.21. The molecule has 0 bridgehead atoms. The zero-order valence-corrected chi connectivity index (χ0v) is 17.9. The van der Waals surface area contributed by atoms with Crippen molar-refractivity contribution in [1.29, 1.82) is 0 Å². The lowest BCUT2D eigenvalue weighted by Crippen LogP contribution is -2.30. The van der Waals surface area contributed by atoms with Crippen LogP contribution in [0.2, 0.25) is 0 Å². The highest BCUT2D eigenvalue weighted by atomic mass is 79.9. The van der Waals surface area contributed by atoms with Gasteiger partial charge in [-0.1, -0.05) is 13.0 Å². The molecule has 0 saturated carbocycles. The molecule has 9 heteroatoms. The molecule has 0 spiro atoms. The Kier molecular flexibility index (Phi) is 6.26. The smallest absolute Gasteiger partial charge is 0.338 e. The lowest BCUT2D eigenvalue weighted by atomic mass is 10.2. The van der Waals surface area contributed by atoms with E-state index in [9.17, 15) is 13.2 Å². The fourth-order valence-electron chi connectivity index (χ4n) is 2.80. The molecule has 1 aliphatic rings. The lowest BCUT2D eigenvalue weighted by molar-refractivity contribution is 0.0526. The van der Waals surface area contributed by atoms with Gasteiger partial charge in [0.2, 0.25) is 16.8 Å². The molecule has 28 heavy (non-hydrogen) atoms. The van der Waals surface area contributed by atoms with Gasteiger partial charge < -0.3 is 14.2 Å². The van der Waals surface area contributed by atoms with E-state index < -0.39 is 16.0 Å². The monoisotopic (exact) mass is 469 g/mol. The zero-order valence-electron chi connectivity index (χ0n) is 15.5. The second-order valence-corrected chi connectivity index (χ2v) is 8.75. The SMILES string of the molecule is CCOC(=O)c1ccc(S(=O)(=O)N(CC)Cc2ccc3c(c2)OCO3)c(Br)c1. The first kappa shape index (κ1) is 20.6. The molecule has 0 amide bonds. The van der Waals surface area contributed by atoms with Crippen molar-refractivity contribution in [1.82, 2.24) is 4.31 Å². The quantitative estimate of drug-likeness (QED) is 0.576. The van der Waals surface area contributed by atoms with Crippen LogP contribution in [0.15, 0.2) is 45.8 Å². The maximum atomic E-state index is 13.2. The maximum absolute atomic E-state index is 13.2. The van der Waals surface area contributed by atoms with Gasteiger partial charge in [-0.15, -0.1) is 0 Å². The number of esters is 1. The average Bonchev–Trinajstić information content (AvgIpc) is 3.13. The molecule has 0 unspecified atom stereocenters. The van der Waals surface area contributed by atoms with Crippen LogP contribution in [0.4, 0.5) is 0 Å². The van der Waals surface area contributed by atoms with Crippen LogP contribution in [0.5, 0.6) is 11.5 Å². The molecule has 0 aromatic heterocycles. The predicted octanol–water partition coefficient (Wildman–Crippen LogP) is 3.57. The average molecular weight is 470 g/mol. The molecule has 2 aromatic rings. The van der Waals surface area contributed by atoms with E-state index in [2.05, 4.69) is 15.9 Å². The van der Waals surface area contributed by atoms with Crippen molar-refractivity contribution >= 4 is 31.9 Å². The van der Waals surface area contributed by atoms with Crippen molar-refractivity contribution in [3.05, 3.63) is 52.0 Å². The molecule has 0 fully saturated rings. The van der Waals surface area contributed by atoms with Crippen LogP contribution in [0.3, 0.4) is 0 Å². The minimum absolute atomic E-state index is 0.0862. The standard InChI is InChI=1S/C19H20BrNO6S/c1-3-21(11-13-5-7-16-17(9-13)27-12-26-16)28(23,24)18-8-6-14(10-15(18)20)19(22)25-4-2/h5-10H,3-4,11-12H2,1-2H3. The summed E-state index contributed by atoms with van der Waals surface area (Å²) in [6, 6.07) is 9.67. The molecule has 1 aliphatic heterocycles. The van der Waals surface area contributed by atoms with Crippen LogP contribution >= 0.6 is 15.9 Å². The number of hydrogen-bond acceptors (Lipinski definition) is 6. The Morgan fingerprint density at radius 1 is 1.14 bits per heavy atom. The maximum Gasteiger partial charge on any atom is 0.338 e. The summed E-state index contributed by atoms with van der Waals surface area (Å²) in [6.45, 7) is 4.35. The van der Waals surface area contributed by atoms with E-state index in [1.807, 2.05) is 6.07 Å². The van der Waals surface area contributed by atoms with E-state index in [-0.39, 0.29) is 36.9 Å². The van der Waals surface area contributed by atoms with E-state index in [4.69, 9.17) is 14.2 Å². The number of carbonyl (C=O) groups is 1. The Morgan fingerprint density at radius 2 is 1.89 bits per heavy atom. The number of halogens is 1. The van der Waals surface area contributed by atoms with Crippen molar-refractivity contribution in [2.24, 2.45) is 0 Å². The number of rotatable bonds is 7. The molecule has 0 atom stereocenters. The van der Waals surface area contributed by atoms with Crippen molar-refractivity contribution < 1.29 is 27.4 Å². The van der Waals surface area contributed by atoms with Crippen LogP contribution < -0.4 is 9.47 Å². The van der Waals surface area contributed by atoms with Gasteiger partial charge in [-0.3, -0.25) is 0 Å². The van der Waals surface area contributed by atoms with Crippen LogP contribution in [0.25, 0.3) is 0 Å².